The lowest BCUT2D eigenvalue weighted by Gasteiger charge is -2.18. The zero-order valence-electron chi connectivity index (χ0n) is 51.0. The van der Waals surface area contributed by atoms with Gasteiger partial charge >= 0.3 is 17.9 Å². The minimum absolute atomic E-state index is 0.0708. The van der Waals surface area contributed by atoms with Crippen LogP contribution in [0, 0.1) is 0 Å². The molecular formula is C70H128O6. The monoisotopic (exact) mass is 1060 g/mol. The van der Waals surface area contributed by atoms with Gasteiger partial charge in [0.15, 0.2) is 6.10 Å². The Morgan fingerprint density at radius 1 is 0.263 bits per heavy atom. The van der Waals surface area contributed by atoms with E-state index in [1.165, 1.54) is 250 Å². The van der Waals surface area contributed by atoms with Crippen LogP contribution >= 0.6 is 0 Å². The maximum absolute atomic E-state index is 12.9. The molecule has 0 spiro atoms. The molecule has 0 amide bonds. The summed E-state index contributed by atoms with van der Waals surface area (Å²) in [5.74, 6) is -0.859. The van der Waals surface area contributed by atoms with Gasteiger partial charge in [0.1, 0.15) is 13.2 Å². The van der Waals surface area contributed by atoms with E-state index in [2.05, 4.69) is 69.4 Å². The lowest BCUT2D eigenvalue weighted by molar-refractivity contribution is -0.167. The molecule has 0 aromatic heterocycles. The first-order chi connectivity index (χ1) is 37.5. The van der Waals surface area contributed by atoms with Crippen LogP contribution in [0.25, 0.3) is 0 Å². The van der Waals surface area contributed by atoms with Crippen molar-refractivity contribution in [1.29, 1.82) is 0 Å². The second-order valence-electron chi connectivity index (χ2n) is 22.7. The van der Waals surface area contributed by atoms with Crippen molar-refractivity contribution in [2.24, 2.45) is 0 Å². The average molecular weight is 1070 g/mol. The van der Waals surface area contributed by atoms with E-state index in [4.69, 9.17) is 14.2 Å². The summed E-state index contributed by atoms with van der Waals surface area (Å²) in [5.41, 5.74) is 0. The standard InChI is InChI=1S/C70H128O6/c1-4-7-10-13-16-19-21-23-25-27-29-31-33-35-37-39-41-43-45-47-49-51-54-57-60-63-69(72)75-66-67(65-74-68(71)62-59-56-53-18-15-12-9-6-3)76-70(73)64-61-58-55-52-50-48-46-44-42-40-38-36-34-32-30-28-26-24-22-20-17-14-11-8-5-2/h21,23,27-30,33,35,67H,4-20,22,24-26,31-32,34,36-66H2,1-3H3/b23-21-,29-27-,30-28-,35-33-. The molecule has 0 fully saturated rings. The molecule has 0 heterocycles. The van der Waals surface area contributed by atoms with Crippen molar-refractivity contribution in [3.8, 4) is 0 Å². The molecule has 6 nitrogen and oxygen atoms in total. The van der Waals surface area contributed by atoms with Gasteiger partial charge in [-0.2, -0.15) is 0 Å². The lowest BCUT2D eigenvalue weighted by atomic mass is 10.0. The first-order valence-electron chi connectivity index (χ1n) is 33.6. The normalized spacial score (nSPS) is 12.3. The Bertz CT molecular complexity index is 1310. The molecule has 1 unspecified atom stereocenters. The molecule has 0 rings (SSSR count). The molecule has 0 saturated heterocycles. The largest absolute Gasteiger partial charge is 0.462 e. The number of hydrogen-bond donors (Lipinski definition) is 0. The molecule has 0 aliphatic heterocycles. The third kappa shape index (κ3) is 62.2. The van der Waals surface area contributed by atoms with E-state index < -0.39 is 6.10 Å². The number of unbranched alkanes of at least 4 members (excludes halogenated alkanes) is 43. The molecular weight excluding hydrogens is 937 g/mol. The maximum Gasteiger partial charge on any atom is 0.306 e. The predicted molar refractivity (Wildman–Crippen MR) is 330 cm³/mol. The molecule has 444 valence electrons. The SMILES string of the molecule is CCCCCCC/C=C\C/C=C\C/C=C\CCCCCCCCCCCCC(=O)OCC(COC(=O)CCCCCCCCCC)OC(=O)CCCCCCCCCCCCCCC/C=C\CCCCCCCCCC. The van der Waals surface area contributed by atoms with Crippen molar-refractivity contribution in [3.63, 3.8) is 0 Å². The van der Waals surface area contributed by atoms with Gasteiger partial charge in [0.05, 0.1) is 0 Å². The van der Waals surface area contributed by atoms with Crippen molar-refractivity contribution >= 4 is 17.9 Å². The first-order valence-corrected chi connectivity index (χ1v) is 33.6. The van der Waals surface area contributed by atoms with Crippen LogP contribution in [0.5, 0.6) is 0 Å². The van der Waals surface area contributed by atoms with Gasteiger partial charge in [-0.25, -0.2) is 0 Å². The van der Waals surface area contributed by atoms with Gasteiger partial charge in [-0.1, -0.05) is 307 Å². The summed E-state index contributed by atoms with van der Waals surface area (Å²) in [4.78, 5) is 38.2. The minimum atomic E-state index is -0.772. The van der Waals surface area contributed by atoms with Crippen molar-refractivity contribution in [3.05, 3.63) is 48.6 Å². The summed E-state index contributed by atoms with van der Waals surface area (Å²) in [5, 5.41) is 0. The van der Waals surface area contributed by atoms with Gasteiger partial charge in [-0.3, -0.25) is 14.4 Å². The highest BCUT2D eigenvalue weighted by Crippen LogP contribution is 2.17. The fourth-order valence-corrected chi connectivity index (χ4v) is 9.98. The van der Waals surface area contributed by atoms with Crippen LogP contribution in [0.1, 0.15) is 361 Å². The average Bonchev–Trinajstić information content (AvgIpc) is 3.42. The Morgan fingerprint density at radius 3 is 0.750 bits per heavy atom. The maximum atomic E-state index is 12.9. The Hall–Kier alpha value is -2.63. The Labute approximate surface area is 473 Å². The summed E-state index contributed by atoms with van der Waals surface area (Å²) >= 11 is 0. The van der Waals surface area contributed by atoms with Crippen LogP contribution < -0.4 is 0 Å². The molecule has 0 aliphatic rings. The number of hydrogen-bond acceptors (Lipinski definition) is 6. The Balaban J connectivity index is 4.13. The first kappa shape index (κ1) is 73.4. The molecule has 0 aromatic carbocycles. The van der Waals surface area contributed by atoms with Gasteiger partial charge in [0.2, 0.25) is 0 Å². The topological polar surface area (TPSA) is 78.9 Å². The van der Waals surface area contributed by atoms with E-state index >= 15 is 0 Å². The van der Waals surface area contributed by atoms with Crippen LogP contribution in [-0.2, 0) is 28.6 Å². The van der Waals surface area contributed by atoms with Crippen molar-refractivity contribution < 1.29 is 28.6 Å². The van der Waals surface area contributed by atoms with E-state index in [1.807, 2.05) is 0 Å². The van der Waals surface area contributed by atoms with E-state index in [0.717, 1.165) is 70.6 Å². The highest BCUT2D eigenvalue weighted by atomic mass is 16.6. The second kappa shape index (κ2) is 64.9. The second-order valence-corrected chi connectivity index (χ2v) is 22.7. The van der Waals surface area contributed by atoms with Crippen LogP contribution in [0.4, 0.5) is 0 Å². The van der Waals surface area contributed by atoms with Gasteiger partial charge in [-0.15, -0.1) is 0 Å². The van der Waals surface area contributed by atoms with Gasteiger partial charge in [0, 0.05) is 19.3 Å². The summed E-state index contributed by atoms with van der Waals surface area (Å²) in [6.45, 7) is 6.65. The highest BCUT2D eigenvalue weighted by Gasteiger charge is 2.19. The molecule has 0 N–H and O–H groups in total. The zero-order chi connectivity index (χ0) is 55.0. The van der Waals surface area contributed by atoms with E-state index in [-0.39, 0.29) is 31.1 Å². The third-order valence-corrected chi connectivity index (χ3v) is 15.1. The smallest absolute Gasteiger partial charge is 0.306 e. The number of rotatable bonds is 62. The van der Waals surface area contributed by atoms with Crippen molar-refractivity contribution in [1.82, 2.24) is 0 Å². The number of carbonyl (C=O) groups is 3. The van der Waals surface area contributed by atoms with Gasteiger partial charge in [0.25, 0.3) is 0 Å². The Kier molecular flexibility index (Phi) is 62.6. The number of ether oxygens (including phenoxy) is 3. The quantitative estimate of drug-likeness (QED) is 0.0261. The van der Waals surface area contributed by atoms with Crippen molar-refractivity contribution in [2.75, 3.05) is 13.2 Å². The molecule has 76 heavy (non-hydrogen) atoms. The van der Waals surface area contributed by atoms with Gasteiger partial charge in [-0.05, 0) is 83.5 Å². The number of esters is 3. The molecule has 1 atom stereocenters. The van der Waals surface area contributed by atoms with Crippen LogP contribution in [0.15, 0.2) is 48.6 Å². The van der Waals surface area contributed by atoms with E-state index in [9.17, 15) is 14.4 Å². The molecule has 0 aromatic rings. The van der Waals surface area contributed by atoms with Gasteiger partial charge < -0.3 is 14.2 Å². The fraction of sp³-hybridized carbons (Fsp3) is 0.843. The number of carbonyl (C=O) groups excluding carboxylic acids is 3. The number of allylic oxidation sites excluding steroid dienone is 8. The minimum Gasteiger partial charge on any atom is -0.462 e. The van der Waals surface area contributed by atoms with E-state index in [0.29, 0.717) is 19.3 Å². The highest BCUT2D eigenvalue weighted by molar-refractivity contribution is 5.71. The molecule has 6 heteroatoms. The summed E-state index contributed by atoms with van der Waals surface area (Å²) < 4.78 is 16.9. The summed E-state index contributed by atoms with van der Waals surface area (Å²) in [6.07, 6.45) is 81.5. The van der Waals surface area contributed by atoms with Crippen LogP contribution in [0.2, 0.25) is 0 Å². The lowest BCUT2D eigenvalue weighted by Crippen LogP contribution is -2.30. The Morgan fingerprint density at radius 2 is 0.474 bits per heavy atom. The summed E-state index contributed by atoms with van der Waals surface area (Å²) in [7, 11) is 0. The van der Waals surface area contributed by atoms with E-state index in [1.54, 1.807) is 0 Å². The summed E-state index contributed by atoms with van der Waals surface area (Å²) in [6, 6.07) is 0. The molecule has 0 bridgehead atoms. The molecule has 0 radical (unpaired) electrons. The van der Waals surface area contributed by atoms with Crippen LogP contribution in [0.3, 0.4) is 0 Å². The van der Waals surface area contributed by atoms with Crippen molar-refractivity contribution in [2.45, 2.75) is 367 Å². The fourth-order valence-electron chi connectivity index (χ4n) is 9.98. The molecule has 0 saturated carbocycles. The predicted octanol–water partition coefficient (Wildman–Crippen LogP) is 22.9. The zero-order valence-corrected chi connectivity index (χ0v) is 51.0. The third-order valence-electron chi connectivity index (χ3n) is 15.1. The van der Waals surface area contributed by atoms with Crippen LogP contribution in [-0.4, -0.2) is 37.2 Å². The molecule has 0 aliphatic carbocycles.